The molecule has 0 radical (unpaired) electrons. The van der Waals surface area contributed by atoms with Gasteiger partial charge in [-0.2, -0.15) is 0 Å². The van der Waals surface area contributed by atoms with Gasteiger partial charge in [-0.1, -0.05) is 12.5 Å². The van der Waals surface area contributed by atoms with E-state index in [0.29, 0.717) is 5.92 Å². The first-order valence-corrected chi connectivity index (χ1v) is 5.60. The minimum Gasteiger partial charge on any atom is -0.393 e. The van der Waals surface area contributed by atoms with Crippen molar-refractivity contribution in [2.45, 2.75) is 44.6 Å². The highest BCUT2D eigenvalue weighted by Gasteiger charge is 2.42. The third-order valence-electron chi connectivity index (χ3n) is 3.95. The third kappa shape index (κ3) is 1.80. The van der Waals surface area contributed by atoms with E-state index in [1.807, 2.05) is 6.08 Å². The van der Waals surface area contributed by atoms with Gasteiger partial charge in [-0.15, -0.1) is 6.58 Å². The largest absolute Gasteiger partial charge is 0.393 e. The van der Waals surface area contributed by atoms with Gasteiger partial charge in [-0.05, 0) is 49.9 Å². The van der Waals surface area contributed by atoms with Gasteiger partial charge in [0.15, 0.2) is 0 Å². The molecular weight excluding hydrogens is 160 g/mol. The predicted molar refractivity (Wildman–Crippen MR) is 54.4 cm³/mol. The molecule has 1 heteroatoms. The minimum absolute atomic E-state index is 0.0479. The quantitative estimate of drug-likeness (QED) is 0.659. The number of rotatable bonds is 4. The standard InChI is InChI=1S/C12H20O/c1-2-3-4-12(13)11-8-9-5-6-10(11)7-9/h2,9-13H,1,3-8H2. The third-order valence-corrected chi connectivity index (χ3v) is 3.95. The van der Waals surface area contributed by atoms with Crippen molar-refractivity contribution in [1.82, 2.24) is 0 Å². The van der Waals surface area contributed by atoms with E-state index in [0.717, 1.165) is 24.7 Å². The maximum absolute atomic E-state index is 9.95. The first kappa shape index (κ1) is 9.26. The Morgan fingerprint density at radius 3 is 2.77 bits per heavy atom. The minimum atomic E-state index is -0.0479. The molecule has 0 heterocycles. The van der Waals surface area contributed by atoms with Crippen molar-refractivity contribution < 1.29 is 5.11 Å². The van der Waals surface area contributed by atoms with Crippen LogP contribution in [0.1, 0.15) is 38.5 Å². The molecule has 1 N–H and O–H groups in total. The molecule has 0 saturated heterocycles. The number of aliphatic hydroxyl groups excluding tert-OH is 1. The van der Waals surface area contributed by atoms with Gasteiger partial charge in [0.25, 0.3) is 0 Å². The van der Waals surface area contributed by atoms with E-state index in [2.05, 4.69) is 6.58 Å². The summed E-state index contributed by atoms with van der Waals surface area (Å²) >= 11 is 0. The monoisotopic (exact) mass is 180 g/mol. The molecule has 0 aromatic carbocycles. The lowest BCUT2D eigenvalue weighted by Gasteiger charge is -2.26. The van der Waals surface area contributed by atoms with Crippen molar-refractivity contribution in [2.24, 2.45) is 17.8 Å². The molecule has 4 unspecified atom stereocenters. The fourth-order valence-corrected chi connectivity index (χ4v) is 3.27. The van der Waals surface area contributed by atoms with Crippen LogP contribution in [0.4, 0.5) is 0 Å². The van der Waals surface area contributed by atoms with Crippen LogP contribution in [-0.2, 0) is 0 Å². The summed E-state index contributed by atoms with van der Waals surface area (Å²) in [5.74, 6) is 2.43. The van der Waals surface area contributed by atoms with Crippen molar-refractivity contribution in [3.05, 3.63) is 12.7 Å². The lowest BCUT2D eigenvalue weighted by molar-refractivity contribution is 0.0684. The van der Waals surface area contributed by atoms with Crippen LogP contribution in [0.25, 0.3) is 0 Å². The van der Waals surface area contributed by atoms with E-state index in [4.69, 9.17) is 0 Å². The molecule has 4 atom stereocenters. The van der Waals surface area contributed by atoms with Crippen LogP contribution in [0.3, 0.4) is 0 Å². The summed E-state index contributed by atoms with van der Waals surface area (Å²) in [5, 5.41) is 9.95. The van der Waals surface area contributed by atoms with E-state index >= 15 is 0 Å². The summed E-state index contributed by atoms with van der Waals surface area (Å²) in [6.07, 6.45) is 9.26. The van der Waals surface area contributed by atoms with Gasteiger partial charge in [-0.25, -0.2) is 0 Å². The van der Waals surface area contributed by atoms with Gasteiger partial charge < -0.3 is 5.11 Å². The summed E-state index contributed by atoms with van der Waals surface area (Å²) in [6, 6.07) is 0. The van der Waals surface area contributed by atoms with Crippen molar-refractivity contribution >= 4 is 0 Å². The summed E-state index contributed by atoms with van der Waals surface area (Å²) in [5.41, 5.74) is 0. The van der Waals surface area contributed by atoms with Crippen molar-refractivity contribution in [1.29, 1.82) is 0 Å². The molecule has 0 aliphatic heterocycles. The highest BCUT2D eigenvalue weighted by Crippen LogP contribution is 2.50. The molecule has 0 spiro atoms. The number of hydrogen-bond acceptors (Lipinski definition) is 1. The van der Waals surface area contributed by atoms with Crippen LogP contribution in [-0.4, -0.2) is 11.2 Å². The van der Waals surface area contributed by atoms with Gasteiger partial charge in [0.05, 0.1) is 6.10 Å². The Hall–Kier alpha value is -0.300. The molecule has 2 fully saturated rings. The van der Waals surface area contributed by atoms with Crippen LogP contribution in [0, 0.1) is 17.8 Å². The topological polar surface area (TPSA) is 20.2 Å². The Kier molecular flexibility index (Phi) is 2.73. The maximum atomic E-state index is 9.95. The molecule has 13 heavy (non-hydrogen) atoms. The van der Waals surface area contributed by atoms with Crippen LogP contribution < -0.4 is 0 Å². The Balaban J connectivity index is 1.83. The molecule has 2 aliphatic rings. The number of allylic oxidation sites excluding steroid dienone is 1. The second-order valence-corrected chi connectivity index (χ2v) is 4.77. The molecule has 2 aliphatic carbocycles. The summed E-state index contributed by atoms with van der Waals surface area (Å²) in [4.78, 5) is 0. The first-order valence-electron chi connectivity index (χ1n) is 5.60. The van der Waals surface area contributed by atoms with Gasteiger partial charge in [0, 0.05) is 0 Å². The van der Waals surface area contributed by atoms with Crippen LogP contribution in [0.5, 0.6) is 0 Å². The molecule has 1 nitrogen and oxygen atoms in total. The average Bonchev–Trinajstić information content (AvgIpc) is 2.74. The summed E-state index contributed by atoms with van der Waals surface area (Å²) in [7, 11) is 0. The Bertz CT molecular complexity index is 188. The van der Waals surface area contributed by atoms with Gasteiger partial charge in [0.2, 0.25) is 0 Å². The smallest absolute Gasteiger partial charge is 0.0574 e. The molecule has 2 bridgehead atoms. The number of aliphatic hydroxyl groups is 1. The number of fused-ring (bicyclic) bond motifs is 2. The van der Waals surface area contributed by atoms with E-state index in [9.17, 15) is 5.11 Å². The van der Waals surface area contributed by atoms with Gasteiger partial charge >= 0.3 is 0 Å². The average molecular weight is 180 g/mol. The van der Waals surface area contributed by atoms with E-state index in [1.165, 1.54) is 25.7 Å². The Morgan fingerprint density at radius 2 is 2.23 bits per heavy atom. The van der Waals surface area contributed by atoms with E-state index in [-0.39, 0.29) is 6.10 Å². The molecular formula is C12H20O. The lowest BCUT2D eigenvalue weighted by Crippen LogP contribution is -2.25. The fourth-order valence-electron chi connectivity index (χ4n) is 3.27. The highest BCUT2D eigenvalue weighted by molar-refractivity contribution is 4.93. The summed E-state index contributed by atoms with van der Waals surface area (Å²) < 4.78 is 0. The van der Waals surface area contributed by atoms with Gasteiger partial charge in [-0.3, -0.25) is 0 Å². The zero-order valence-corrected chi connectivity index (χ0v) is 8.28. The Morgan fingerprint density at radius 1 is 1.38 bits per heavy atom. The summed E-state index contributed by atoms with van der Waals surface area (Å²) in [6.45, 7) is 3.70. The predicted octanol–water partition coefficient (Wildman–Crippen LogP) is 2.75. The molecule has 2 rings (SSSR count). The second kappa shape index (κ2) is 3.83. The zero-order valence-electron chi connectivity index (χ0n) is 8.28. The second-order valence-electron chi connectivity index (χ2n) is 4.77. The van der Waals surface area contributed by atoms with Gasteiger partial charge in [0.1, 0.15) is 0 Å². The molecule has 0 aromatic heterocycles. The van der Waals surface area contributed by atoms with Crippen LogP contribution in [0.15, 0.2) is 12.7 Å². The zero-order chi connectivity index (χ0) is 9.26. The normalized spacial score (nSPS) is 39.3. The van der Waals surface area contributed by atoms with E-state index < -0.39 is 0 Å². The van der Waals surface area contributed by atoms with Crippen molar-refractivity contribution in [2.75, 3.05) is 0 Å². The molecule has 0 amide bonds. The lowest BCUT2D eigenvalue weighted by atomic mass is 9.83. The fraction of sp³-hybridized carbons (Fsp3) is 0.833. The molecule has 0 aromatic rings. The van der Waals surface area contributed by atoms with Crippen molar-refractivity contribution in [3.8, 4) is 0 Å². The molecule has 74 valence electrons. The van der Waals surface area contributed by atoms with Crippen LogP contribution >= 0.6 is 0 Å². The first-order chi connectivity index (χ1) is 6.31. The molecule has 2 saturated carbocycles. The number of hydrogen-bond donors (Lipinski definition) is 1. The van der Waals surface area contributed by atoms with Crippen LogP contribution in [0.2, 0.25) is 0 Å². The maximum Gasteiger partial charge on any atom is 0.0574 e. The Labute approximate surface area is 80.8 Å². The SMILES string of the molecule is C=CCCC(O)C1CC2CCC1C2. The highest BCUT2D eigenvalue weighted by atomic mass is 16.3. The van der Waals surface area contributed by atoms with E-state index in [1.54, 1.807) is 0 Å². The van der Waals surface area contributed by atoms with Crippen molar-refractivity contribution in [3.63, 3.8) is 0 Å².